The van der Waals surface area contributed by atoms with E-state index in [9.17, 15) is 5.11 Å². The molecule has 2 rings (SSSR count). The lowest BCUT2D eigenvalue weighted by atomic mass is 10.0. The third-order valence-electron chi connectivity index (χ3n) is 3.78. The molecule has 0 aromatic heterocycles. The smallest absolute Gasteiger partial charge is 0.0818 e. The maximum Gasteiger partial charge on any atom is 0.0818 e. The van der Waals surface area contributed by atoms with E-state index in [4.69, 9.17) is 5.73 Å². The molecule has 0 unspecified atom stereocenters. The van der Waals surface area contributed by atoms with Gasteiger partial charge in [-0.15, -0.1) is 0 Å². The Kier molecular flexibility index (Phi) is 5.17. The monoisotopic (exact) mass is 248 g/mol. The molecule has 1 aromatic carbocycles. The Morgan fingerprint density at radius 3 is 2.56 bits per heavy atom. The van der Waals surface area contributed by atoms with Crippen LogP contribution in [-0.2, 0) is 6.42 Å². The predicted molar refractivity (Wildman–Crippen MR) is 74.4 cm³/mol. The minimum absolute atomic E-state index is 0.193. The zero-order valence-electron chi connectivity index (χ0n) is 10.9. The first-order chi connectivity index (χ1) is 8.75. The lowest BCUT2D eigenvalue weighted by molar-refractivity contribution is 0.138. The van der Waals surface area contributed by atoms with E-state index in [1.54, 1.807) is 0 Å². The highest BCUT2D eigenvalue weighted by atomic mass is 16.3. The van der Waals surface area contributed by atoms with Gasteiger partial charge < -0.3 is 16.2 Å². The van der Waals surface area contributed by atoms with Gasteiger partial charge in [0.15, 0.2) is 0 Å². The summed E-state index contributed by atoms with van der Waals surface area (Å²) in [6.45, 7) is 0.610. The van der Waals surface area contributed by atoms with E-state index >= 15 is 0 Å². The molecule has 100 valence electrons. The molecular formula is C15H24N2O. The molecule has 0 saturated heterocycles. The van der Waals surface area contributed by atoms with Crippen LogP contribution in [0.3, 0.4) is 0 Å². The predicted octanol–water partition coefficient (Wildman–Crippen LogP) is 1.45. The van der Waals surface area contributed by atoms with Crippen molar-refractivity contribution in [1.82, 2.24) is 5.32 Å². The number of aliphatic hydroxyl groups is 1. The van der Waals surface area contributed by atoms with Crippen molar-refractivity contribution in [2.24, 2.45) is 5.73 Å². The molecule has 0 aliphatic heterocycles. The van der Waals surface area contributed by atoms with Gasteiger partial charge in [0.25, 0.3) is 0 Å². The van der Waals surface area contributed by atoms with E-state index in [2.05, 4.69) is 17.4 Å². The van der Waals surface area contributed by atoms with Gasteiger partial charge in [-0.05, 0) is 24.8 Å². The molecule has 3 nitrogen and oxygen atoms in total. The lowest BCUT2D eigenvalue weighted by Gasteiger charge is -2.21. The Labute approximate surface area is 109 Å². The first-order valence-electron chi connectivity index (χ1n) is 6.96. The van der Waals surface area contributed by atoms with E-state index in [1.165, 1.54) is 31.2 Å². The topological polar surface area (TPSA) is 58.3 Å². The number of nitrogens with one attached hydrogen (secondary N) is 1. The van der Waals surface area contributed by atoms with Gasteiger partial charge in [-0.1, -0.05) is 43.2 Å². The summed E-state index contributed by atoms with van der Waals surface area (Å²) in [5.41, 5.74) is 7.23. The standard InChI is InChI=1S/C15H24N2O/c16-14(10-12-6-2-1-3-7-12)15(18)11-17-13-8-4-5-9-13/h1-3,6-7,13-15,17-18H,4-5,8-11,16H2/t14-,15+/m0/s1. The zero-order chi connectivity index (χ0) is 12.8. The van der Waals surface area contributed by atoms with Gasteiger partial charge in [-0.2, -0.15) is 0 Å². The molecule has 1 aliphatic rings. The van der Waals surface area contributed by atoms with Crippen LogP contribution in [0.1, 0.15) is 31.2 Å². The molecule has 1 aliphatic carbocycles. The highest BCUT2D eigenvalue weighted by Crippen LogP contribution is 2.17. The second kappa shape index (κ2) is 6.88. The fraction of sp³-hybridized carbons (Fsp3) is 0.600. The maximum absolute atomic E-state index is 10.1. The Balaban J connectivity index is 1.72. The van der Waals surface area contributed by atoms with Gasteiger partial charge >= 0.3 is 0 Å². The fourth-order valence-electron chi connectivity index (χ4n) is 2.59. The van der Waals surface area contributed by atoms with Gasteiger partial charge in [-0.3, -0.25) is 0 Å². The largest absolute Gasteiger partial charge is 0.390 e. The van der Waals surface area contributed by atoms with E-state index in [1.807, 2.05) is 18.2 Å². The third kappa shape index (κ3) is 4.09. The summed E-state index contributed by atoms with van der Waals surface area (Å²) in [6, 6.07) is 10.5. The highest BCUT2D eigenvalue weighted by molar-refractivity contribution is 5.16. The van der Waals surface area contributed by atoms with Crippen molar-refractivity contribution >= 4 is 0 Å². The number of rotatable bonds is 6. The summed E-state index contributed by atoms with van der Waals surface area (Å²) in [6.07, 6.45) is 5.36. The summed E-state index contributed by atoms with van der Waals surface area (Å²) >= 11 is 0. The van der Waals surface area contributed by atoms with E-state index in [0.717, 1.165) is 6.42 Å². The SMILES string of the molecule is N[C@@H](Cc1ccccc1)[C@H](O)CNC1CCCC1. The number of hydrogen-bond donors (Lipinski definition) is 3. The van der Waals surface area contributed by atoms with E-state index in [0.29, 0.717) is 12.6 Å². The molecule has 0 radical (unpaired) electrons. The molecule has 0 spiro atoms. The lowest BCUT2D eigenvalue weighted by Crippen LogP contribution is -2.45. The van der Waals surface area contributed by atoms with Gasteiger partial charge in [0.05, 0.1) is 6.10 Å². The van der Waals surface area contributed by atoms with Gasteiger partial charge in [0.1, 0.15) is 0 Å². The van der Waals surface area contributed by atoms with Crippen LogP contribution in [0.25, 0.3) is 0 Å². The quantitative estimate of drug-likeness (QED) is 0.714. The van der Waals surface area contributed by atoms with Crippen LogP contribution >= 0.6 is 0 Å². The minimum atomic E-state index is -0.467. The molecule has 2 atom stereocenters. The van der Waals surface area contributed by atoms with Gasteiger partial charge in [0.2, 0.25) is 0 Å². The first-order valence-corrected chi connectivity index (χ1v) is 6.96. The summed E-state index contributed by atoms with van der Waals surface area (Å²) < 4.78 is 0. The molecule has 18 heavy (non-hydrogen) atoms. The van der Waals surface area contributed by atoms with E-state index in [-0.39, 0.29) is 6.04 Å². The summed E-state index contributed by atoms with van der Waals surface area (Å²) in [7, 11) is 0. The number of hydrogen-bond acceptors (Lipinski definition) is 3. The molecule has 4 N–H and O–H groups in total. The fourth-order valence-corrected chi connectivity index (χ4v) is 2.59. The number of nitrogens with two attached hydrogens (primary N) is 1. The van der Waals surface area contributed by atoms with Crippen LogP contribution in [0.2, 0.25) is 0 Å². The summed E-state index contributed by atoms with van der Waals surface area (Å²) in [5, 5.41) is 13.5. The molecular weight excluding hydrogens is 224 g/mol. The third-order valence-corrected chi connectivity index (χ3v) is 3.78. The van der Waals surface area contributed by atoms with Crippen molar-refractivity contribution in [3.63, 3.8) is 0 Å². The second-order valence-corrected chi connectivity index (χ2v) is 5.31. The van der Waals surface area contributed by atoms with Crippen LogP contribution in [0.5, 0.6) is 0 Å². The molecule has 0 amide bonds. The van der Waals surface area contributed by atoms with Crippen LogP contribution in [0.4, 0.5) is 0 Å². The molecule has 3 heteroatoms. The van der Waals surface area contributed by atoms with Crippen LogP contribution in [0, 0.1) is 0 Å². The Hall–Kier alpha value is -0.900. The van der Waals surface area contributed by atoms with E-state index < -0.39 is 6.10 Å². The van der Waals surface area contributed by atoms with Crippen molar-refractivity contribution in [2.45, 2.75) is 50.3 Å². The van der Waals surface area contributed by atoms with Crippen molar-refractivity contribution in [3.05, 3.63) is 35.9 Å². The average Bonchev–Trinajstić information content (AvgIpc) is 2.90. The van der Waals surface area contributed by atoms with Crippen LogP contribution in [0.15, 0.2) is 30.3 Å². The van der Waals surface area contributed by atoms with Gasteiger partial charge in [0, 0.05) is 18.6 Å². The highest BCUT2D eigenvalue weighted by Gasteiger charge is 2.19. The zero-order valence-corrected chi connectivity index (χ0v) is 10.9. The van der Waals surface area contributed by atoms with Crippen molar-refractivity contribution in [2.75, 3.05) is 6.54 Å². The summed E-state index contributed by atoms with van der Waals surface area (Å²) in [5.74, 6) is 0. The molecule has 0 bridgehead atoms. The van der Waals surface area contributed by atoms with Gasteiger partial charge in [-0.25, -0.2) is 0 Å². The van der Waals surface area contributed by atoms with Crippen molar-refractivity contribution < 1.29 is 5.11 Å². The Bertz CT molecular complexity index is 336. The van der Waals surface area contributed by atoms with Crippen molar-refractivity contribution in [3.8, 4) is 0 Å². The number of aliphatic hydroxyl groups excluding tert-OH is 1. The summed E-state index contributed by atoms with van der Waals surface area (Å²) in [4.78, 5) is 0. The Morgan fingerprint density at radius 2 is 1.89 bits per heavy atom. The van der Waals surface area contributed by atoms with Crippen LogP contribution < -0.4 is 11.1 Å². The molecule has 1 fully saturated rings. The molecule has 0 heterocycles. The molecule has 1 aromatic rings. The second-order valence-electron chi connectivity index (χ2n) is 5.31. The Morgan fingerprint density at radius 1 is 1.22 bits per heavy atom. The van der Waals surface area contributed by atoms with Crippen LogP contribution in [-0.4, -0.2) is 29.8 Å². The number of benzene rings is 1. The minimum Gasteiger partial charge on any atom is -0.390 e. The average molecular weight is 248 g/mol. The maximum atomic E-state index is 10.1. The van der Waals surface area contributed by atoms with Crippen molar-refractivity contribution in [1.29, 1.82) is 0 Å². The first kappa shape index (κ1) is 13.5. The normalized spacial score (nSPS) is 19.9. The molecule has 1 saturated carbocycles.